The third-order valence-electron chi connectivity index (χ3n) is 1.59. The lowest BCUT2D eigenvalue weighted by Gasteiger charge is -1.93. The van der Waals surface area contributed by atoms with E-state index in [0.29, 0.717) is 6.54 Å². The maximum absolute atomic E-state index is 4.67. The first-order valence-corrected chi connectivity index (χ1v) is 5.00. The zero-order chi connectivity index (χ0) is 9.64. The Kier molecular flexibility index (Phi) is 2.92. The maximum Gasteiger partial charge on any atom is 0.169 e. The van der Waals surface area contributed by atoms with Crippen molar-refractivity contribution in [3.05, 3.63) is 35.5 Å². The van der Waals surface area contributed by atoms with Crippen molar-refractivity contribution >= 4 is 23.4 Å². The second-order valence-electron chi connectivity index (χ2n) is 2.59. The Morgan fingerprint density at radius 1 is 1.50 bits per heavy atom. The van der Waals surface area contributed by atoms with Crippen molar-refractivity contribution in [3.8, 4) is 0 Å². The van der Waals surface area contributed by atoms with Crippen molar-refractivity contribution in [2.45, 2.75) is 0 Å². The fraction of sp³-hybridized carbons (Fsp3) is 0.111. The van der Waals surface area contributed by atoms with E-state index in [-0.39, 0.29) is 0 Å². The molecule has 0 aromatic carbocycles. The fourth-order valence-corrected chi connectivity index (χ4v) is 1.46. The number of anilines is 1. The number of rotatable bonds is 4. The molecule has 5 heteroatoms. The summed E-state index contributed by atoms with van der Waals surface area (Å²) in [7, 11) is 0. The molecule has 0 saturated carbocycles. The Labute approximate surface area is 85.4 Å². The molecule has 2 aromatic heterocycles. The molecule has 1 N–H and O–H groups in total. The minimum atomic E-state index is 0.712. The van der Waals surface area contributed by atoms with Crippen molar-refractivity contribution in [1.82, 2.24) is 9.53 Å². The normalized spacial score (nSPS) is 10.9. The Bertz CT molecular complexity index is 380. The minimum absolute atomic E-state index is 0.712. The number of nitrogens with one attached hydrogen (secondary N) is 1. The molecule has 14 heavy (non-hydrogen) atoms. The Hall–Kier alpha value is -1.62. The van der Waals surface area contributed by atoms with Gasteiger partial charge in [0.15, 0.2) is 5.82 Å². The molecule has 0 radical (unpaired) electrons. The zero-order valence-corrected chi connectivity index (χ0v) is 8.20. The van der Waals surface area contributed by atoms with Crippen molar-refractivity contribution in [2.24, 2.45) is 0 Å². The average Bonchev–Trinajstić information content (AvgIpc) is 2.86. The largest absolute Gasteiger partial charge is 0.364 e. The lowest BCUT2D eigenvalue weighted by atomic mass is 10.4. The summed E-state index contributed by atoms with van der Waals surface area (Å²) in [6, 6.07) is 3.74. The molecule has 72 valence electrons. The summed E-state index contributed by atoms with van der Waals surface area (Å²) in [5.41, 5.74) is 0.983. The van der Waals surface area contributed by atoms with Gasteiger partial charge in [0.05, 0.1) is 5.69 Å². The van der Waals surface area contributed by atoms with E-state index in [0.717, 1.165) is 11.5 Å². The number of hydrogen-bond donors (Lipinski definition) is 1. The van der Waals surface area contributed by atoms with Gasteiger partial charge in [0.1, 0.15) is 6.26 Å². The predicted octanol–water partition coefficient (Wildman–Crippen LogP) is 2.26. The molecule has 0 aliphatic heterocycles. The highest BCUT2D eigenvalue weighted by molar-refractivity contribution is 7.03. The third kappa shape index (κ3) is 2.43. The quantitative estimate of drug-likeness (QED) is 0.835. The first-order valence-electron chi connectivity index (χ1n) is 4.16. The van der Waals surface area contributed by atoms with Crippen LogP contribution in [0.25, 0.3) is 6.08 Å². The lowest BCUT2D eigenvalue weighted by molar-refractivity contribution is 0.422. The Balaban J connectivity index is 1.78. The third-order valence-corrected chi connectivity index (χ3v) is 2.16. The van der Waals surface area contributed by atoms with Crippen molar-refractivity contribution in [1.29, 1.82) is 0 Å². The van der Waals surface area contributed by atoms with Gasteiger partial charge in [0.25, 0.3) is 0 Å². The van der Waals surface area contributed by atoms with Gasteiger partial charge in [-0.05, 0) is 23.7 Å². The lowest BCUT2D eigenvalue weighted by Crippen LogP contribution is -1.97. The Morgan fingerprint density at radius 2 is 2.50 bits per heavy atom. The van der Waals surface area contributed by atoms with Crippen molar-refractivity contribution in [3.63, 3.8) is 0 Å². The van der Waals surface area contributed by atoms with E-state index in [1.54, 1.807) is 6.07 Å². The van der Waals surface area contributed by atoms with Crippen LogP contribution in [0.2, 0.25) is 0 Å². The van der Waals surface area contributed by atoms with Gasteiger partial charge in [-0.2, -0.15) is 4.37 Å². The summed E-state index contributed by atoms with van der Waals surface area (Å²) in [6.07, 6.45) is 5.49. The fourth-order valence-electron chi connectivity index (χ4n) is 0.955. The van der Waals surface area contributed by atoms with E-state index in [1.165, 1.54) is 17.8 Å². The van der Waals surface area contributed by atoms with Gasteiger partial charge in [-0.25, -0.2) is 0 Å². The van der Waals surface area contributed by atoms with Crippen LogP contribution in [0, 0.1) is 0 Å². The van der Waals surface area contributed by atoms with Gasteiger partial charge >= 0.3 is 0 Å². The molecule has 0 aliphatic rings. The first-order chi connectivity index (χ1) is 6.95. The molecule has 0 bridgehead atoms. The van der Waals surface area contributed by atoms with Gasteiger partial charge in [-0.1, -0.05) is 11.2 Å². The topological polar surface area (TPSA) is 51.0 Å². The minimum Gasteiger partial charge on any atom is -0.364 e. The molecule has 2 heterocycles. The van der Waals surface area contributed by atoms with E-state index in [4.69, 9.17) is 0 Å². The molecule has 4 nitrogen and oxygen atoms in total. The molecular weight excluding hydrogens is 198 g/mol. The van der Waals surface area contributed by atoms with Crippen molar-refractivity contribution in [2.75, 3.05) is 11.9 Å². The smallest absolute Gasteiger partial charge is 0.169 e. The summed E-state index contributed by atoms with van der Waals surface area (Å²) in [5, 5.41) is 8.74. The van der Waals surface area contributed by atoms with Crippen LogP contribution in [0.3, 0.4) is 0 Å². The van der Waals surface area contributed by atoms with E-state index >= 15 is 0 Å². The molecule has 0 saturated heterocycles. The second kappa shape index (κ2) is 4.57. The number of hydrogen-bond acceptors (Lipinski definition) is 5. The molecule has 0 amide bonds. The van der Waals surface area contributed by atoms with Gasteiger partial charge < -0.3 is 9.84 Å². The molecule has 0 fully saturated rings. The number of aromatic nitrogens is 2. The Morgan fingerprint density at radius 3 is 3.21 bits per heavy atom. The maximum atomic E-state index is 4.67. The summed E-state index contributed by atoms with van der Waals surface area (Å²) in [6.45, 7) is 0.712. The average molecular weight is 207 g/mol. The van der Waals surface area contributed by atoms with Crippen LogP contribution in [0.4, 0.5) is 5.82 Å². The van der Waals surface area contributed by atoms with Gasteiger partial charge in [0.2, 0.25) is 0 Å². The van der Waals surface area contributed by atoms with Crippen LogP contribution in [-0.2, 0) is 0 Å². The van der Waals surface area contributed by atoms with E-state index in [9.17, 15) is 0 Å². The van der Waals surface area contributed by atoms with E-state index in [2.05, 4.69) is 19.4 Å². The van der Waals surface area contributed by atoms with Gasteiger partial charge in [-0.15, -0.1) is 0 Å². The number of nitrogens with zero attached hydrogens (tertiary/aromatic N) is 2. The molecule has 2 aromatic rings. The monoisotopic (exact) mass is 207 g/mol. The molecule has 2 rings (SSSR count). The molecule has 0 unspecified atom stereocenters. The summed E-state index contributed by atoms with van der Waals surface area (Å²) >= 11 is 1.45. The summed E-state index contributed by atoms with van der Waals surface area (Å²) in [5.74, 6) is 0.743. The SMILES string of the molecule is C(=Cc1ccsn1)CNc1ccon1. The van der Waals surface area contributed by atoms with Crippen LogP contribution < -0.4 is 5.32 Å². The molecular formula is C9H9N3OS. The highest BCUT2D eigenvalue weighted by Crippen LogP contribution is 2.03. The van der Waals surface area contributed by atoms with Crippen LogP contribution in [0.5, 0.6) is 0 Å². The molecule has 0 atom stereocenters. The molecule has 0 spiro atoms. The van der Waals surface area contributed by atoms with Gasteiger partial charge in [0, 0.05) is 18.0 Å². The van der Waals surface area contributed by atoms with Gasteiger partial charge in [-0.3, -0.25) is 0 Å². The standard InChI is InChI=1S/C9H9N3OS/c1(2-8-4-7-14-12-8)5-10-9-3-6-13-11-9/h1-4,6-7H,5H2,(H,10,11). The first kappa shape index (κ1) is 8.96. The van der Waals surface area contributed by atoms with E-state index < -0.39 is 0 Å². The zero-order valence-electron chi connectivity index (χ0n) is 7.38. The second-order valence-corrected chi connectivity index (χ2v) is 3.26. The molecule has 0 aliphatic carbocycles. The summed E-state index contributed by atoms with van der Waals surface area (Å²) in [4.78, 5) is 0. The van der Waals surface area contributed by atoms with E-state index in [1.807, 2.05) is 23.6 Å². The van der Waals surface area contributed by atoms with Crippen LogP contribution in [-0.4, -0.2) is 16.1 Å². The van der Waals surface area contributed by atoms with Crippen molar-refractivity contribution < 1.29 is 4.52 Å². The van der Waals surface area contributed by atoms with Crippen LogP contribution in [0.15, 0.2) is 34.4 Å². The van der Waals surface area contributed by atoms with Crippen LogP contribution in [0.1, 0.15) is 5.69 Å². The highest BCUT2D eigenvalue weighted by Gasteiger charge is 1.91. The van der Waals surface area contributed by atoms with Crippen LogP contribution >= 0.6 is 11.5 Å². The summed E-state index contributed by atoms with van der Waals surface area (Å²) < 4.78 is 8.81. The highest BCUT2D eigenvalue weighted by atomic mass is 32.1. The predicted molar refractivity (Wildman–Crippen MR) is 56.1 cm³/mol.